The van der Waals surface area contributed by atoms with Gasteiger partial charge >= 0.3 is 5.97 Å². The minimum Gasteiger partial charge on any atom is -0.452 e. The maximum atomic E-state index is 11.8. The third-order valence-corrected chi connectivity index (χ3v) is 3.13. The Labute approximate surface area is 127 Å². The van der Waals surface area contributed by atoms with E-state index in [0.717, 1.165) is 0 Å². The van der Waals surface area contributed by atoms with E-state index in [1.165, 1.54) is 36.2 Å². The molecule has 1 amide bonds. The Bertz CT molecular complexity index is 631. The fourth-order valence-electron chi connectivity index (χ4n) is 1.41. The third kappa shape index (κ3) is 4.02. The normalized spacial score (nSPS) is 10.5. The highest BCUT2D eigenvalue weighted by Crippen LogP contribution is 2.13. The average Bonchev–Trinajstić information content (AvgIpc) is 2.51. The molecule has 0 fully saturated rings. The maximum absolute atomic E-state index is 11.8. The summed E-state index contributed by atoms with van der Waals surface area (Å²) in [6, 6.07) is 6.79. The molecule has 0 N–H and O–H groups in total. The molecule has 1 aromatic carbocycles. The number of amides is 1. The van der Waals surface area contributed by atoms with Gasteiger partial charge in [-0.15, -0.1) is 0 Å². The lowest BCUT2D eigenvalue weighted by Gasteiger charge is -2.28. The second-order valence-electron chi connectivity index (χ2n) is 5.00. The number of ether oxygens (including phenoxy) is 1. The predicted molar refractivity (Wildman–Crippen MR) is 75.8 cm³/mol. The van der Waals surface area contributed by atoms with Gasteiger partial charge in [0.2, 0.25) is 0 Å². The Morgan fingerprint density at radius 1 is 1.36 bits per heavy atom. The zero-order valence-corrected chi connectivity index (χ0v) is 12.4. The number of nitriles is 1. The molecule has 0 saturated heterocycles. The number of benzene rings is 1. The molecular weight excluding hydrogens is 290 g/mol. The van der Waals surface area contributed by atoms with E-state index in [1.807, 2.05) is 6.07 Å². The van der Waals surface area contributed by atoms with Crippen molar-refractivity contribution in [1.29, 1.82) is 5.26 Å². The highest BCUT2D eigenvalue weighted by atomic mass is 16.6. The number of nitro groups is 1. The van der Waals surface area contributed by atoms with Gasteiger partial charge in [0.1, 0.15) is 5.54 Å². The lowest BCUT2D eigenvalue weighted by atomic mass is 10.1. The van der Waals surface area contributed by atoms with Crippen LogP contribution in [-0.4, -0.2) is 40.9 Å². The number of carbonyl (C=O) groups is 2. The number of esters is 1. The van der Waals surface area contributed by atoms with Gasteiger partial charge in [-0.25, -0.2) is 4.79 Å². The molecule has 116 valence electrons. The Morgan fingerprint density at radius 3 is 2.36 bits per heavy atom. The Balaban J connectivity index is 2.65. The van der Waals surface area contributed by atoms with Crippen LogP contribution in [0.1, 0.15) is 24.2 Å². The number of nitrogens with zero attached hydrogens (tertiary/aromatic N) is 3. The van der Waals surface area contributed by atoms with Crippen molar-refractivity contribution in [2.75, 3.05) is 13.7 Å². The molecule has 8 nitrogen and oxygen atoms in total. The van der Waals surface area contributed by atoms with E-state index in [-0.39, 0.29) is 11.3 Å². The lowest BCUT2D eigenvalue weighted by molar-refractivity contribution is -0.384. The lowest BCUT2D eigenvalue weighted by Crippen LogP contribution is -2.45. The van der Waals surface area contributed by atoms with Crippen LogP contribution >= 0.6 is 0 Å². The number of hydrogen-bond acceptors (Lipinski definition) is 6. The Morgan fingerprint density at radius 2 is 1.91 bits per heavy atom. The van der Waals surface area contributed by atoms with Gasteiger partial charge in [0.25, 0.3) is 11.6 Å². The highest BCUT2D eigenvalue weighted by Gasteiger charge is 2.27. The SMILES string of the molecule is CN(C(=O)COC(=O)c1ccc([N+](=O)[O-])cc1)C(C)(C)C#N. The van der Waals surface area contributed by atoms with Crippen molar-refractivity contribution in [2.24, 2.45) is 0 Å². The molecule has 0 bridgehead atoms. The number of carbonyl (C=O) groups excluding carboxylic acids is 2. The fraction of sp³-hybridized carbons (Fsp3) is 0.357. The number of likely N-dealkylation sites (N-methyl/N-ethyl adjacent to an activating group) is 1. The van der Waals surface area contributed by atoms with Gasteiger partial charge in [-0.1, -0.05) is 0 Å². The Hall–Kier alpha value is -2.95. The molecular formula is C14H15N3O5. The van der Waals surface area contributed by atoms with Crippen LogP contribution in [0.5, 0.6) is 0 Å². The summed E-state index contributed by atoms with van der Waals surface area (Å²) in [6.45, 7) is 2.60. The Kier molecular flexibility index (Phi) is 5.18. The number of nitro benzene ring substituents is 1. The molecule has 0 aromatic heterocycles. The summed E-state index contributed by atoms with van der Waals surface area (Å²) in [5.41, 5.74) is -1.07. The van der Waals surface area contributed by atoms with Crippen molar-refractivity contribution in [1.82, 2.24) is 4.90 Å². The van der Waals surface area contributed by atoms with E-state index < -0.39 is 28.9 Å². The van der Waals surface area contributed by atoms with Crippen molar-refractivity contribution in [3.05, 3.63) is 39.9 Å². The zero-order valence-electron chi connectivity index (χ0n) is 12.4. The summed E-state index contributed by atoms with van der Waals surface area (Å²) >= 11 is 0. The first kappa shape index (κ1) is 17.1. The van der Waals surface area contributed by atoms with Crippen LogP contribution in [-0.2, 0) is 9.53 Å². The molecule has 1 rings (SSSR count). The van der Waals surface area contributed by atoms with Gasteiger partial charge in [0, 0.05) is 19.2 Å². The first-order chi connectivity index (χ1) is 10.2. The summed E-state index contributed by atoms with van der Waals surface area (Å²) in [5.74, 6) is -1.30. The van der Waals surface area contributed by atoms with Gasteiger partial charge in [0.05, 0.1) is 16.6 Å². The second kappa shape index (κ2) is 6.67. The fourth-order valence-corrected chi connectivity index (χ4v) is 1.41. The van der Waals surface area contributed by atoms with Crippen molar-refractivity contribution < 1.29 is 19.2 Å². The summed E-state index contributed by atoms with van der Waals surface area (Å²) < 4.78 is 4.84. The van der Waals surface area contributed by atoms with Crippen LogP contribution in [0.3, 0.4) is 0 Å². The molecule has 0 spiro atoms. The smallest absolute Gasteiger partial charge is 0.338 e. The van der Waals surface area contributed by atoms with Gasteiger partial charge in [0.15, 0.2) is 6.61 Å². The minimum atomic E-state index is -1.02. The van der Waals surface area contributed by atoms with Crippen LogP contribution < -0.4 is 0 Å². The van der Waals surface area contributed by atoms with Crippen LogP contribution in [0.15, 0.2) is 24.3 Å². The largest absolute Gasteiger partial charge is 0.452 e. The van der Waals surface area contributed by atoms with Crippen molar-refractivity contribution in [3.63, 3.8) is 0 Å². The van der Waals surface area contributed by atoms with Gasteiger partial charge in [-0.05, 0) is 26.0 Å². The van der Waals surface area contributed by atoms with E-state index in [9.17, 15) is 19.7 Å². The predicted octanol–water partition coefficient (Wildman–Crippen LogP) is 1.51. The van der Waals surface area contributed by atoms with Gasteiger partial charge < -0.3 is 9.64 Å². The number of non-ortho nitro benzene ring substituents is 1. The first-order valence-corrected chi connectivity index (χ1v) is 6.28. The van der Waals surface area contributed by atoms with Crippen molar-refractivity contribution in [2.45, 2.75) is 19.4 Å². The van der Waals surface area contributed by atoms with Crippen LogP contribution in [0.4, 0.5) is 5.69 Å². The molecule has 8 heteroatoms. The van der Waals surface area contributed by atoms with E-state index in [4.69, 9.17) is 10.00 Å². The van der Waals surface area contributed by atoms with Crippen LogP contribution in [0, 0.1) is 21.4 Å². The standard InChI is InChI=1S/C14H15N3O5/c1-14(2,9-15)16(3)12(18)8-22-13(19)10-4-6-11(7-5-10)17(20)21/h4-7H,8H2,1-3H3. The van der Waals surface area contributed by atoms with Crippen LogP contribution in [0.25, 0.3) is 0 Å². The zero-order chi connectivity index (χ0) is 16.9. The molecule has 0 heterocycles. The number of rotatable bonds is 5. The summed E-state index contributed by atoms with van der Waals surface area (Å²) in [4.78, 5) is 34.7. The monoisotopic (exact) mass is 305 g/mol. The molecule has 0 atom stereocenters. The summed E-state index contributed by atoms with van der Waals surface area (Å²) in [5, 5.41) is 19.4. The molecule has 1 aromatic rings. The molecule has 22 heavy (non-hydrogen) atoms. The van der Waals surface area contributed by atoms with E-state index in [1.54, 1.807) is 13.8 Å². The topological polar surface area (TPSA) is 114 Å². The second-order valence-corrected chi connectivity index (χ2v) is 5.00. The molecule has 0 aliphatic rings. The van der Waals surface area contributed by atoms with Gasteiger partial charge in [-0.3, -0.25) is 14.9 Å². The van der Waals surface area contributed by atoms with E-state index in [0.29, 0.717) is 0 Å². The molecule has 0 aliphatic heterocycles. The van der Waals surface area contributed by atoms with E-state index in [2.05, 4.69) is 0 Å². The average molecular weight is 305 g/mol. The van der Waals surface area contributed by atoms with E-state index >= 15 is 0 Å². The van der Waals surface area contributed by atoms with Crippen LogP contribution in [0.2, 0.25) is 0 Å². The molecule has 0 aliphatic carbocycles. The van der Waals surface area contributed by atoms with Crippen molar-refractivity contribution >= 4 is 17.6 Å². The van der Waals surface area contributed by atoms with Gasteiger partial charge in [-0.2, -0.15) is 5.26 Å². The number of hydrogen-bond donors (Lipinski definition) is 0. The molecule has 0 radical (unpaired) electrons. The maximum Gasteiger partial charge on any atom is 0.338 e. The quantitative estimate of drug-likeness (QED) is 0.463. The summed E-state index contributed by atoms with van der Waals surface area (Å²) in [7, 11) is 1.44. The highest BCUT2D eigenvalue weighted by molar-refractivity contribution is 5.91. The summed E-state index contributed by atoms with van der Waals surface area (Å²) in [6.07, 6.45) is 0. The van der Waals surface area contributed by atoms with Crippen molar-refractivity contribution in [3.8, 4) is 6.07 Å². The first-order valence-electron chi connectivity index (χ1n) is 6.28. The molecule has 0 saturated carbocycles. The third-order valence-electron chi connectivity index (χ3n) is 3.13. The minimum absolute atomic E-state index is 0.0978. The molecule has 0 unspecified atom stereocenters.